The lowest BCUT2D eigenvalue weighted by Crippen LogP contribution is -2.58. The first-order chi connectivity index (χ1) is 9.93. The molecule has 1 saturated heterocycles. The summed E-state index contributed by atoms with van der Waals surface area (Å²) in [4.78, 5) is 37.7. The van der Waals surface area contributed by atoms with Crippen molar-refractivity contribution in [2.24, 2.45) is 11.0 Å². The maximum atomic E-state index is 12.1. The van der Waals surface area contributed by atoms with Crippen molar-refractivity contribution >= 4 is 29.2 Å². The highest BCUT2D eigenvalue weighted by Gasteiger charge is 2.44. The van der Waals surface area contributed by atoms with Crippen LogP contribution in [0.25, 0.3) is 0 Å². The van der Waals surface area contributed by atoms with Gasteiger partial charge in [0.1, 0.15) is 0 Å². The second-order valence-electron chi connectivity index (χ2n) is 4.74. The Kier molecular flexibility index (Phi) is 4.02. The van der Waals surface area contributed by atoms with Gasteiger partial charge < -0.3 is 0 Å². The molecule has 0 aliphatic carbocycles. The van der Waals surface area contributed by atoms with Gasteiger partial charge in [0.2, 0.25) is 11.8 Å². The van der Waals surface area contributed by atoms with Gasteiger partial charge in [-0.1, -0.05) is 18.2 Å². The molecule has 0 atom stereocenters. The smallest absolute Gasteiger partial charge is 0.279 e. The van der Waals surface area contributed by atoms with E-state index >= 15 is 0 Å². The molecule has 0 unspecified atom stereocenters. The molecule has 1 heterocycles. The average molecular weight is 288 g/mol. The van der Waals surface area contributed by atoms with E-state index in [0.717, 1.165) is 15.5 Å². The highest BCUT2D eigenvalue weighted by molar-refractivity contribution is 6.26. The predicted molar refractivity (Wildman–Crippen MR) is 77.6 cm³/mol. The van der Waals surface area contributed by atoms with Crippen LogP contribution in [0.2, 0.25) is 0 Å². The van der Waals surface area contributed by atoms with E-state index in [4.69, 9.17) is 0 Å². The summed E-state index contributed by atoms with van der Waals surface area (Å²) in [5.41, 5.74) is 3.83. The summed E-state index contributed by atoms with van der Waals surface area (Å²) in [5.74, 6) is -2.22. The molecule has 110 valence electrons. The van der Waals surface area contributed by atoms with Crippen molar-refractivity contribution in [3.63, 3.8) is 0 Å². The third-order valence-corrected chi connectivity index (χ3v) is 3.28. The molecule has 21 heavy (non-hydrogen) atoms. The fourth-order valence-electron chi connectivity index (χ4n) is 1.99. The van der Waals surface area contributed by atoms with E-state index in [2.05, 4.69) is 10.5 Å². The highest BCUT2D eigenvalue weighted by atomic mass is 16.2. The van der Waals surface area contributed by atoms with E-state index in [0.29, 0.717) is 5.71 Å². The third-order valence-electron chi connectivity index (χ3n) is 3.28. The van der Waals surface area contributed by atoms with Gasteiger partial charge in [-0.25, -0.2) is 4.79 Å². The first-order valence-corrected chi connectivity index (χ1v) is 6.38. The molecule has 1 N–H and O–H groups in total. The molecule has 4 amide bonds. The number of barbiturate groups is 1. The minimum Gasteiger partial charge on any atom is -0.279 e. The molecule has 7 nitrogen and oxygen atoms in total. The molecular formula is C14H16N4O3. The lowest BCUT2D eigenvalue weighted by Gasteiger charge is -2.32. The summed E-state index contributed by atoms with van der Waals surface area (Å²) in [6, 6.07) is 8.52. The summed E-state index contributed by atoms with van der Waals surface area (Å²) in [7, 11) is 2.69. The van der Waals surface area contributed by atoms with Crippen LogP contribution in [0, 0.1) is 5.92 Å². The lowest BCUT2D eigenvalue weighted by molar-refractivity contribution is -0.144. The van der Waals surface area contributed by atoms with Gasteiger partial charge in [0.15, 0.2) is 5.92 Å². The van der Waals surface area contributed by atoms with Gasteiger partial charge in [-0.05, 0) is 19.1 Å². The van der Waals surface area contributed by atoms with E-state index in [1.807, 2.05) is 30.3 Å². The van der Waals surface area contributed by atoms with Gasteiger partial charge >= 0.3 is 6.03 Å². The van der Waals surface area contributed by atoms with Crippen LogP contribution < -0.4 is 5.43 Å². The van der Waals surface area contributed by atoms with Crippen LogP contribution in [-0.4, -0.2) is 47.5 Å². The number of imide groups is 2. The second kappa shape index (κ2) is 5.74. The predicted octanol–water partition coefficient (Wildman–Crippen LogP) is 1.14. The van der Waals surface area contributed by atoms with Crippen LogP contribution in [0.3, 0.4) is 0 Å². The Balaban J connectivity index is 2.21. The van der Waals surface area contributed by atoms with Gasteiger partial charge in [0.25, 0.3) is 0 Å². The number of urea groups is 1. The Morgan fingerprint density at radius 1 is 1.05 bits per heavy atom. The molecule has 0 bridgehead atoms. The van der Waals surface area contributed by atoms with E-state index < -0.39 is 23.8 Å². The highest BCUT2D eigenvalue weighted by Crippen LogP contribution is 2.17. The number of amides is 4. The number of hydrazone groups is 1. The molecule has 1 aromatic rings. The summed E-state index contributed by atoms with van der Waals surface area (Å²) in [6.07, 6.45) is 0. The number of carbonyl (C=O) groups excluding carboxylic acids is 3. The Hall–Kier alpha value is -2.70. The zero-order chi connectivity index (χ0) is 15.6. The average Bonchev–Trinajstić information content (AvgIpc) is 2.50. The number of benzene rings is 1. The normalized spacial score (nSPS) is 17.5. The summed E-state index contributed by atoms with van der Waals surface area (Å²) >= 11 is 0. The van der Waals surface area contributed by atoms with Crippen LogP contribution >= 0.6 is 0 Å². The molecule has 1 aliphatic heterocycles. The number of nitrogens with one attached hydrogen (secondary N) is 1. The molecule has 1 fully saturated rings. The minimum absolute atomic E-state index is 0.306. The van der Waals surface area contributed by atoms with Gasteiger partial charge in [-0.15, -0.1) is 0 Å². The molecule has 0 aromatic heterocycles. The Bertz CT molecular complexity index is 588. The van der Waals surface area contributed by atoms with Crippen molar-refractivity contribution in [2.75, 3.05) is 19.5 Å². The Morgan fingerprint density at radius 2 is 1.57 bits per heavy atom. The maximum Gasteiger partial charge on any atom is 0.332 e. The van der Waals surface area contributed by atoms with Crippen molar-refractivity contribution < 1.29 is 14.4 Å². The largest absolute Gasteiger partial charge is 0.332 e. The maximum absolute atomic E-state index is 12.1. The van der Waals surface area contributed by atoms with Crippen molar-refractivity contribution in [3.05, 3.63) is 30.3 Å². The number of para-hydroxylation sites is 1. The Morgan fingerprint density at radius 3 is 2.10 bits per heavy atom. The van der Waals surface area contributed by atoms with Crippen LogP contribution in [-0.2, 0) is 9.59 Å². The standard InChI is InChI=1S/C14H16N4O3/c1-9(15-16-10-7-5-4-6-8-10)11-12(19)17(2)14(21)18(3)13(11)20/h4-8,11,16H,1-3H3. The molecule has 2 rings (SSSR count). The minimum atomic E-state index is -1.08. The Labute approximate surface area is 122 Å². The van der Waals surface area contributed by atoms with Crippen LogP contribution in [0.1, 0.15) is 6.92 Å². The van der Waals surface area contributed by atoms with Gasteiger partial charge in [-0.3, -0.25) is 24.8 Å². The fourth-order valence-corrected chi connectivity index (χ4v) is 1.99. The molecule has 1 aliphatic rings. The SMILES string of the molecule is CC(=NNc1ccccc1)C1C(=O)N(C)C(=O)N(C)C1=O. The van der Waals surface area contributed by atoms with Crippen molar-refractivity contribution in [2.45, 2.75) is 6.92 Å². The van der Waals surface area contributed by atoms with Gasteiger partial charge in [-0.2, -0.15) is 5.10 Å². The van der Waals surface area contributed by atoms with Crippen LogP contribution in [0.15, 0.2) is 35.4 Å². The number of carbonyl (C=O) groups is 3. The van der Waals surface area contributed by atoms with E-state index in [1.165, 1.54) is 14.1 Å². The van der Waals surface area contributed by atoms with Crippen molar-refractivity contribution in [1.82, 2.24) is 9.80 Å². The van der Waals surface area contributed by atoms with Gasteiger partial charge in [0.05, 0.1) is 11.4 Å². The van der Waals surface area contributed by atoms with E-state index in [9.17, 15) is 14.4 Å². The number of hydrogen-bond acceptors (Lipinski definition) is 5. The summed E-state index contributed by atoms with van der Waals surface area (Å²) < 4.78 is 0. The molecule has 1 aromatic carbocycles. The number of anilines is 1. The monoisotopic (exact) mass is 288 g/mol. The molecular weight excluding hydrogens is 272 g/mol. The summed E-state index contributed by atoms with van der Waals surface area (Å²) in [5, 5.41) is 4.07. The van der Waals surface area contributed by atoms with Crippen LogP contribution in [0.5, 0.6) is 0 Å². The number of hydrogen-bond donors (Lipinski definition) is 1. The van der Waals surface area contributed by atoms with Crippen molar-refractivity contribution in [3.8, 4) is 0 Å². The number of rotatable bonds is 3. The first kappa shape index (κ1) is 14.7. The molecule has 0 spiro atoms. The third kappa shape index (κ3) is 2.76. The second-order valence-corrected chi connectivity index (χ2v) is 4.74. The number of nitrogens with zero attached hydrogens (tertiary/aromatic N) is 3. The zero-order valence-electron chi connectivity index (χ0n) is 12.0. The fraction of sp³-hybridized carbons (Fsp3) is 0.286. The molecule has 0 saturated carbocycles. The molecule has 0 radical (unpaired) electrons. The summed E-state index contributed by atoms with van der Waals surface area (Å²) in [6.45, 7) is 1.58. The van der Waals surface area contributed by atoms with Crippen molar-refractivity contribution in [1.29, 1.82) is 0 Å². The molecule has 7 heteroatoms. The van der Waals surface area contributed by atoms with E-state index in [1.54, 1.807) is 6.92 Å². The first-order valence-electron chi connectivity index (χ1n) is 6.38. The van der Waals surface area contributed by atoms with Gasteiger partial charge in [0, 0.05) is 14.1 Å². The quantitative estimate of drug-likeness (QED) is 0.513. The topological polar surface area (TPSA) is 82.1 Å². The zero-order valence-corrected chi connectivity index (χ0v) is 12.0. The van der Waals surface area contributed by atoms with Crippen LogP contribution in [0.4, 0.5) is 10.5 Å². The lowest BCUT2D eigenvalue weighted by atomic mass is 9.99. The van der Waals surface area contributed by atoms with E-state index in [-0.39, 0.29) is 0 Å².